The lowest BCUT2D eigenvalue weighted by Crippen LogP contribution is -2.61. The number of carbonyl (C=O) groups is 1. The number of ether oxygens (including phenoxy) is 1. The number of nitrogens with two attached hydrogens (primary N) is 2. The monoisotopic (exact) mass is 358 g/mol. The number of aliphatic hydroxyl groups excluding tert-OH is 8. The van der Waals surface area contributed by atoms with Gasteiger partial charge >= 0.3 is 0 Å². The van der Waals surface area contributed by atoms with E-state index < -0.39 is 68.2 Å². The van der Waals surface area contributed by atoms with Crippen LogP contribution >= 0.6 is 0 Å². The molecule has 0 radical (unpaired) electrons. The smallest absolute Gasteiger partial charge is 0.173 e. The maximum Gasteiger partial charge on any atom is 0.173 e. The highest BCUT2D eigenvalue weighted by Crippen LogP contribution is 2.17. The Bertz CT molecular complexity index is 358. The van der Waals surface area contributed by atoms with Crippen LogP contribution in [-0.2, 0) is 9.53 Å². The highest BCUT2D eigenvalue weighted by Gasteiger charge is 2.41. The fourth-order valence-corrected chi connectivity index (χ4v) is 1.76. The van der Waals surface area contributed by atoms with Gasteiger partial charge in [-0.1, -0.05) is 0 Å². The van der Waals surface area contributed by atoms with E-state index in [9.17, 15) is 15.0 Å². The minimum atomic E-state index is -1.62. The second-order valence-corrected chi connectivity index (χ2v) is 5.25. The van der Waals surface area contributed by atoms with Gasteiger partial charge in [0.1, 0.15) is 42.9 Å². The van der Waals surface area contributed by atoms with Crippen molar-refractivity contribution >= 4 is 6.29 Å². The van der Waals surface area contributed by atoms with E-state index in [0.29, 0.717) is 0 Å². The Labute approximate surface area is 137 Å². The van der Waals surface area contributed by atoms with Gasteiger partial charge in [0.2, 0.25) is 0 Å². The lowest BCUT2D eigenvalue weighted by molar-refractivity contribution is -0.248. The Balaban J connectivity index is 0.000000441. The van der Waals surface area contributed by atoms with Crippen LogP contribution in [0.25, 0.3) is 0 Å². The van der Waals surface area contributed by atoms with Crippen molar-refractivity contribution in [1.29, 1.82) is 0 Å². The molecule has 9 atom stereocenters. The third-order valence-corrected chi connectivity index (χ3v) is 3.43. The second kappa shape index (κ2) is 11.0. The Morgan fingerprint density at radius 3 is 2.00 bits per heavy atom. The maximum atomic E-state index is 10.0. The van der Waals surface area contributed by atoms with E-state index in [0.717, 1.165) is 0 Å². The number of carbonyl (C=O) groups excluding carboxylic acids is 1. The van der Waals surface area contributed by atoms with Crippen molar-refractivity contribution in [3.63, 3.8) is 0 Å². The predicted octanol–water partition coefficient (Wildman–Crippen LogP) is -6.67. The van der Waals surface area contributed by atoms with Crippen molar-refractivity contribution in [3.05, 3.63) is 0 Å². The van der Waals surface area contributed by atoms with Crippen LogP contribution in [-0.4, -0.2) is 115 Å². The van der Waals surface area contributed by atoms with Crippen LogP contribution in [0.5, 0.6) is 0 Å². The quantitative estimate of drug-likeness (QED) is 0.199. The first kappa shape index (κ1) is 23.2. The first-order chi connectivity index (χ1) is 11.1. The molecule has 0 aromatic heterocycles. The van der Waals surface area contributed by atoms with Crippen LogP contribution in [0, 0.1) is 0 Å². The van der Waals surface area contributed by atoms with E-state index in [-0.39, 0.29) is 6.29 Å². The molecule has 0 aromatic carbocycles. The molecule has 1 saturated heterocycles. The zero-order chi connectivity index (χ0) is 19.0. The summed E-state index contributed by atoms with van der Waals surface area (Å²) in [6.45, 7) is -1.17. The molecule has 0 spiro atoms. The van der Waals surface area contributed by atoms with Gasteiger partial charge in [0.25, 0.3) is 0 Å². The topological polar surface area (TPSA) is 240 Å². The van der Waals surface area contributed by atoms with E-state index >= 15 is 0 Å². The molecule has 0 amide bonds. The average Bonchev–Trinajstić information content (AvgIpc) is 2.60. The third kappa shape index (κ3) is 6.27. The summed E-state index contributed by atoms with van der Waals surface area (Å²) in [4.78, 5) is 10.0. The summed E-state index contributed by atoms with van der Waals surface area (Å²) < 4.78 is 4.70. The van der Waals surface area contributed by atoms with Gasteiger partial charge in [-0.15, -0.1) is 0 Å². The van der Waals surface area contributed by atoms with Gasteiger partial charge in [0.05, 0.1) is 25.3 Å². The van der Waals surface area contributed by atoms with Gasteiger partial charge in [-0.2, -0.15) is 0 Å². The molecule has 1 fully saturated rings. The van der Waals surface area contributed by atoms with E-state index in [1.807, 2.05) is 0 Å². The Morgan fingerprint density at radius 2 is 1.58 bits per heavy atom. The van der Waals surface area contributed by atoms with Crippen LogP contribution in [0.15, 0.2) is 0 Å². The van der Waals surface area contributed by atoms with Crippen LogP contribution < -0.4 is 11.5 Å². The van der Waals surface area contributed by atoms with Crippen molar-refractivity contribution < 1.29 is 50.4 Å². The number of aldehydes is 1. The molecule has 1 aliphatic heterocycles. The highest BCUT2D eigenvalue weighted by molar-refractivity contribution is 5.58. The van der Waals surface area contributed by atoms with Crippen LogP contribution in [0.1, 0.15) is 0 Å². The molecule has 144 valence electrons. The normalized spacial score (nSPS) is 35.2. The Hall–Kier alpha value is -0.770. The molecule has 1 heterocycles. The van der Waals surface area contributed by atoms with Gasteiger partial charge in [0.15, 0.2) is 6.29 Å². The van der Waals surface area contributed by atoms with Crippen molar-refractivity contribution in [2.75, 3.05) is 13.2 Å². The van der Waals surface area contributed by atoms with Crippen molar-refractivity contribution in [2.24, 2.45) is 11.5 Å². The predicted molar refractivity (Wildman–Crippen MR) is 77.1 cm³/mol. The minimum absolute atomic E-state index is 0.248. The average molecular weight is 358 g/mol. The zero-order valence-corrected chi connectivity index (χ0v) is 12.7. The molecule has 1 rings (SSSR count). The summed E-state index contributed by atoms with van der Waals surface area (Å²) >= 11 is 0. The van der Waals surface area contributed by atoms with E-state index in [1.165, 1.54) is 0 Å². The molecule has 0 bridgehead atoms. The van der Waals surface area contributed by atoms with E-state index in [4.69, 9.17) is 46.8 Å². The molecule has 0 aromatic rings. The SMILES string of the molecule is N[C@@H](C=O)[C@@H](O)[C@@H](O)[C@H](O)CO.N[C@H]1C(O)O[C@H](CO)[C@H](O)[C@@H]1O. The summed E-state index contributed by atoms with van der Waals surface area (Å²) in [5.41, 5.74) is 10.3. The van der Waals surface area contributed by atoms with Crippen LogP contribution in [0.3, 0.4) is 0 Å². The maximum absolute atomic E-state index is 10.0. The zero-order valence-electron chi connectivity index (χ0n) is 12.7. The summed E-state index contributed by atoms with van der Waals surface area (Å²) in [6.07, 6.45) is -9.28. The lowest BCUT2D eigenvalue weighted by Gasteiger charge is -2.38. The standard InChI is InChI=1S/2C6H13NO5/c7-3-5(10)4(9)2(1-8)12-6(3)11;7-3(1-8)5(11)6(12)4(10)2-9/h2-6,8-11H,1,7H2;1,3-6,9-12H,2,7H2/t2-,3-,4+,5-,6?;3-,4+,5+,6-/m10/s1. The molecular formula is C12H26N2O10. The van der Waals surface area contributed by atoms with Crippen molar-refractivity contribution in [2.45, 2.75) is 55.0 Å². The highest BCUT2D eigenvalue weighted by atomic mass is 16.6. The van der Waals surface area contributed by atoms with Gasteiger partial charge < -0.3 is 61.9 Å². The fraction of sp³-hybridized carbons (Fsp3) is 0.917. The minimum Gasteiger partial charge on any atom is -0.394 e. The van der Waals surface area contributed by atoms with Crippen LogP contribution in [0.2, 0.25) is 0 Å². The van der Waals surface area contributed by atoms with Gasteiger partial charge in [0, 0.05) is 0 Å². The first-order valence-corrected chi connectivity index (χ1v) is 7.04. The molecule has 12 heteroatoms. The van der Waals surface area contributed by atoms with Crippen molar-refractivity contribution in [3.8, 4) is 0 Å². The van der Waals surface area contributed by atoms with E-state index in [1.54, 1.807) is 0 Å². The molecule has 12 nitrogen and oxygen atoms in total. The summed E-state index contributed by atoms with van der Waals surface area (Å²) in [6, 6.07) is -2.30. The van der Waals surface area contributed by atoms with Gasteiger partial charge in [-0.3, -0.25) is 0 Å². The Morgan fingerprint density at radius 1 is 1.04 bits per heavy atom. The fourth-order valence-electron chi connectivity index (χ4n) is 1.76. The van der Waals surface area contributed by atoms with Gasteiger partial charge in [-0.25, -0.2) is 0 Å². The summed E-state index contributed by atoms with van der Waals surface area (Å²) in [5.74, 6) is 0. The Kier molecular flexibility index (Phi) is 10.6. The molecule has 0 aliphatic carbocycles. The first-order valence-electron chi connectivity index (χ1n) is 7.04. The molecule has 12 N–H and O–H groups in total. The number of aliphatic hydroxyl groups is 8. The third-order valence-electron chi connectivity index (χ3n) is 3.43. The largest absolute Gasteiger partial charge is 0.394 e. The lowest BCUT2D eigenvalue weighted by atomic mass is 9.98. The molecule has 24 heavy (non-hydrogen) atoms. The molecule has 1 aliphatic rings. The molecular weight excluding hydrogens is 332 g/mol. The number of hydrogen-bond donors (Lipinski definition) is 10. The summed E-state index contributed by atoms with van der Waals surface area (Å²) in [7, 11) is 0. The van der Waals surface area contributed by atoms with Gasteiger partial charge in [-0.05, 0) is 0 Å². The summed E-state index contributed by atoms with van der Waals surface area (Å²) in [5, 5.41) is 71.2. The molecule has 1 unspecified atom stereocenters. The number of rotatable bonds is 6. The van der Waals surface area contributed by atoms with Crippen LogP contribution in [0.4, 0.5) is 0 Å². The van der Waals surface area contributed by atoms with E-state index in [2.05, 4.69) is 0 Å². The molecule has 0 saturated carbocycles. The second-order valence-electron chi connectivity index (χ2n) is 5.25. The number of hydrogen-bond acceptors (Lipinski definition) is 12. The van der Waals surface area contributed by atoms with Crippen molar-refractivity contribution in [1.82, 2.24) is 0 Å².